The second-order valence-electron chi connectivity index (χ2n) is 7.44. The highest BCUT2D eigenvalue weighted by molar-refractivity contribution is 7.13. The first kappa shape index (κ1) is 21.0. The van der Waals surface area contributed by atoms with Gasteiger partial charge in [-0.05, 0) is 32.4 Å². The van der Waals surface area contributed by atoms with Crippen LogP contribution in [-0.4, -0.2) is 72.7 Å². The zero-order chi connectivity index (χ0) is 19.1. The summed E-state index contributed by atoms with van der Waals surface area (Å²) in [5.41, 5.74) is 1.07. The van der Waals surface area contributed by atoms with Crippen molar-refractivity contribution in [2.45, 2.75) is 47.1 Å². The SMILES string of the molecule is CCN(CC)C(CNC(=O)N1CCN(c2nc(C)cs2)CC1)CC(C)C. The van der Waals surface area contributed by atoms with Gasteiger partial charge in [0.1, 0.15) is 0 Å². The molecule has 0 bridgehead atoms. The monoisotopic (exact) mass is 381 g/mol. The summed E-state index contributed by atoms with van der Waals surface area (Å²) in [6.45, 7) is 16.9. The molecule has 6 nitrogen and oxygen atoms in total. The third-order valence-corrected chi connectivity index (χ3v) is 6.02. The van der Waals surface area contributed by atoms with E-state index in [-0.39, 0.29) is 6.03 Å². The Labute approximate surface area is 162 Å². The lowest BCUT2D eigenvalue weighted by atomic mass is 10.0. The number of piperazine rings is 1. The molecule has 1 unspecified atom stereocenters. The number of amides is 2. The molecule has 2 heterocycles. The van der Waals surface area contributed by atoms with Gasteiger partial charge in [-0.3, -0.25) is 4.90 Å². The Morgan fingerprint density at radius 1 is 1.27 bits per heavy atom. The van der Waals surface area contributed by atoms with E-state index in [4.69, 9.17) is 0 Å². The summed E-state index contributed by atoms with van der Waals surface area (Å²) in [6.07, 6.45) is 1.11. The standard InChI is InChI=1S/C19H35N5OS/c1-6-22(7-2)17(12-15(3)4)13-20-18(25)23-8-10-24(11-9-23)19-21-16(5)14-26-19/h14-15,17H,6-13H2,1-5H3,(H,20,25). The van der Waals surface area contributed by atoms with Crippen LogP contribution in [0.1, 0.15) is 39.8 Å². The molecule has 0 saturated carbocycles. The Morgan fingerprint density at radius 2 is 1.92 bits per heavy atom. The average molecular weight is 382 g/mol. The highest BCUT2D eigenvalue weighted by Crippen LogP contribution is 2.21. The minimum atomic E-state index is 0.0703. The minimum absolute atomic E-state index is 0.0703. The second kappa shape index (κ2) is 10.1. The van der Waals surface area contributed by atoms with Crippen molar-refractivity contribution in [2.24, 2.45) is 5.92 Å². The molecule has 148 valence electrons. The lowest BCUT2D eigenvalue weighted by molar-refractivity contribution is 0.169. The van der Waals surface area contributed by atoms with Gasteiger partial charge >= 0.3 is 6.03 Å². The van der Waals surface area contributed by atoms with Gasteiger partial charge in [-0.25, -0.2) is 9.78 Å². The van der Waals surface area contributed by atoms with Gasteiger partial charge in [-0.2, -0.15) is 0 Å². The molecule has 0 aliphatic carbocycles. The Morgan fingerprint density at radius 3 is 2.42 bits per heavy atom. The van der Waals surface area contributed by atoms with E-state index in [1.165, 1.54) is 0 Å². The molecule has 0 aromatic carbocycles. The fourth-order valence-electron chi connectivity index (χ4n) is 3.55. The van der Waals surface area contributed by atoms with E-state index in [1.54, 1.807) is 11.3 Å². The van der Waals surface area contributed by atoms with Crippen molar-refractivity contribution in [2.75, 3.05) is 50.7 Å². The lowest BCUT2D eigenvalue weighted by Gasteiger charge is -2.36. The van der Waals surface area contributed by atoms with Crippen molar-refractivity contribution in [3.8, 4) is 0 Å². The van der Waals surface area contributed by atoms with E-state index in [1.807, 2.05) is 11.8 Å². The van der Waals surface area contributed by atoms with E-state index >= 15 is 0 Å². The molecule has 26 heavy (non-hydrogen) atoms. The number of hydrogen-bond acceptors (Lipinski definition) is 5. The maximum absolute atomic E-state index is 12.6. The molecule has 1 atom stereocenters. The van der Waals surface area contributed by atoms with Crippen molar-refractivity contribution >= 4 is 22.5 Å². The predicted octanol–water partition coefficient (Wildman–Crippen LogP) is 3.04. The molecular formula is C19H35N5OS. The number of thiazole rings is 1. The normalized spacial score (nSPS) is 16.4. The lowest BCUT2D eigenvalue weighted by Crippen LogP contribution is -2.54. The van der Waals surface area contributed by atoms with Crippen LogP contribution < -0.4 is 10.2 Å². The number of nitrogens with zero attached hydrogens (tertiary/aromatic N) is 4. The molecule has 1 fully saturated rings. The molecule has 7 heteroatoms. The van der Waals surface area contributed by atoms with E-state index in [9.17, 15) is 4.79 Å². The minimum Gasteiger partial charge on any atom is -0.345 e. The van der Waals surface area contributed by atoms with Gasteiger partial charge in [0.15, 0.2) is 5.13 Å². The second-order valence-corrected chi connectivity index (χ2v) is 8.27. The van der Waals surface area contributed by atoms with Crippen LogP contribution in [0.4, 0.5) is 9.93 Å². The number of anilines is 1. The van der Waals surface area contributed by atoms with Gasteiger partial charge in [0.05, 0.1) is 5.69 Å². The third-order valence-electron chi connectivity index (χ3n) is 5.01. The van der Waals surface area contributed by atoms with Gasteiger partial charge in [-0.15, -0.1) is 11.3 Å². The van der Waals surface area contributed by atoms with Crippen LogP contribution in [0.5, 0.6) is 0 Å². The molecule has 1 aliphatic rings. The first-order valence-corrected chi connectivity index (χ1v) is 10.8. The largest absolute Gasteiger partial charge is 0.345 e. The summed E-state index contributed by atoms with van der Waals surface area (Å²) >= 11 is 1.68. The summed E-state index contributed by atoms with van der Waals surface area (Å²) in [4.78, 5) is 23.8. The topological polar surface area (TPSA) is 51.7 Å². The highest BCUT2D eigenvalue weighted by atomic mass is 32.1. The van der Waals surface area contributed by atoms with Crippen molar-refractivity contribution in [1.82, 2.24) is 20.1 Å². The van der Waals surface area contributed by atoms with Crippen LogP contribution in [-0.2, 0) is 0 Å². The van der Waals surface area contributed by atoms with E-state index < -0.39 is 0 Å². The fraction of sp³-hybridized carbons (Fsp3) is 0.789. The van der Waals surface area contributed by atoms with E-state index in [2.05, 4.69) is 53.2 Å². The predicted molar refractivity (Wildman–Crippen MR) is 110 cm³/mol. The van der Waals surface area contributed by atoms with Crippen molar-refractivity contribution in [3.63, 3.8) is 0 Å². The molecule has 1 aliphatic heterocycles. The number of likely N-dealkylation sites (N-methyl/N-ethyl adjacent to an activating group) is 1. The molecular weight excluding hydrogens is 346 g/mol. The number of aromatic nitrogens is 1. The molecule has 2 rings (SSSR count). The zero-order valence-electron chi connectivity index (χ0n) is 17.0. The molecule has 2 amide bonds. The molecule has 1 aromatic heterocycles. The Kier molecular flexibility index (Phi) is 8.15. The first-order chi connectivity index (χ1) is 12.4. The van der Waals surface area contributed by atoms with E-state index in [0.29, 0.717) is 12.0 Å². The van der Waals surface area contributed by atoms with Gasteiger partial charge in [0, 0.05) is 44.1 Å². The van der Waals surface area contributed by atoms with Crippen LogP contribution in [0.15, 0.2) is 5.38 Å². The van der Waals surface area contributed by atoms with Crippen LogP contribution >= 0.6 is 11.3 Å². The van der Waals surface area contributed by atoms with Crippen molar-refractivity contribution in [1.29, 1.82) is 0 Å². The number of nitrogens with one attached hydrogen (secondary N) is 1. The van der Waals surface area contributed by atoms with Crippen molar-refractivity contribution in [3.05, 3.63) is 11.1 Å². The molecule has 0 spiro atoms. The zero-order valence-corrected chi connectivity index (χ0v) is 17.8. The average Bonchev–Trinajstić information content (AvgIpc) is 3.06. The quantitative estimate of drug-likeness (QED) is 0.752. The summed E-state index contributed by atoms with van der Waals surface area (Å²) in [5, 5.41) is 6.33. The van der Waals surface area contributed by atoms with Gasteiger partial charge in [-0.1, -0.05) is 27.7 Å². The van der Waals surface area contributed by atoms with E-state index in [0.717, 1.165) is 63.1 Å². The summed E-state index contributed by atoms with van der Waals surface area (Å²) in [7, 11) is 0. The third kappa shape index (κ3) is 5.84. The highest BCUT2D eigenvalue weighted by Gasteiger charge is 2.24. The Bertz CT molecular complexity index is 550. The number of carbonyl (C=O) groups is 1. The molecule has 1 N–H and O–H groups in total. The smallest absolute Gasteiger partial charge is 0.317 e. The maximum Gasteiger partial charge on any atom is 0.317 e. The summed E-state index contributed by atoms with van der Waals surface area (Å²) in [5.74, 6) is 0.628. The van der Waals surface area contributed by atoms with Crippen LogP contribution in [0, 0.1) is 12.8 Å². The fourth-order valence-corrected chi connectivity index (χ4v) is 4.41. The van der Waals surface area contributed by atoms with Crippen molar-refractivity contribution < 1.29 is 4.79 Å². The number of urea groups is 1. The first-order valence-electron chi connectivity index (χ1n) is 9.88. The van der Waals surface area contributed by atoms with Gasteiger partial charge in [0.25, 0.3) is 0 Å². The maximum atomic E-state index is 12.6. The summed E-state index contributed by atoms with van der Waals surface area (Å²) in [6, 6.07) is 0.481. The van der Waals surface area contributed by atoms with Crippen LogP contribution in [0.3, 0.4) is 0 Å². The Balaban J connectivity index is 1.81. The molecule has 1 aromatic rings. The van der Waals surface area contributed by atoms with Crippen LogP contribution in [0.2, 0.25) is 0 Å². The summed E-state index contributed by atoms with van der Waals surface area (Å²) < 4.78 is 0. The van der Waals surface area contributed by atoms with Crippen LogP contribution in [0.25, 0.3) is 0 Å². The molecule has 1 saturated heterocycles. The Hall–Kier alpha value is -1.34. The van der Waals surface area contributed by atoms with Gasteiger partial charge in [0.2, 0.25) is 0 Å². The number of rotatable bonds is 8. The number of hydrogen-bond donors (Lipinski definition) is 1. The number of aryl methyl sites for hydroxylation is 1. The number of carbonyl (C=O) groups excluding carboxylic acids is 1. The van der Waals surface area contributed by atoms with Gasteiger partial charge < -0.3 is 15.1 Å². The molecule has 0 radical (unpaired) electrons.